The molecule has 0 bridgehead atoms. The van der Waals surface area contributed by atoms with E-state index in [1.54, 1.807) is 0 Å². The summed E-state index contributed by atoms with van der Waals surface area (Å²) in [5.41, 5.74) is 6.01. The zero-order valence-corrected chi connectivity index (χ0v) is 16.3. The summed E-state index contributed by atoms with van der Waals surface area (Å²) in [5, 5.41) is 1.24. The number of hydrogen-bond donors (Lipinski definition) is 1. The number of nitrogens with one attached hydrogen (secondary N) is 1. The van der Waals surface area contributed by atoms with Crippen LogP contribution in [0, 0.1) is 20.8 Å². The van der Waals surface area contributed by atoms with Crippen LogP contribution in [0.1, 0.15) is 54.5 Å². The molecule has 1 amide bonds. The van der Waals surface area contributed by atoms with E-state index in [1.807, 2.05) is 0 Å². The third-order valence-electron chi connectivity index (χ3n) is 6.45. The molecular weight excluding hydrogens is 324 g/mol. The highest BCUT2D eigenvalue weighted by Crippen LogP contribution is 2.36. The van der Waals surface area contributed by atoms with Gasteiger partial charge in [0.1, 0.15) is 0 Å². The number of hydrogen-bond acceptors (Lipinski definition) is 2. The topological polar surface area (TPSA) is 45.3 Å². The van der Waals surface area contributed by atoms with Crippen molar-refractivity contribution >= 4 is 16.8 Å². The molecule has 3 heterocycles. The molecule has 0 saturated carbocycles. The highest BCUT2D eigenvalue weighted by atomic mass is 16.5. The number of aryl methyl sites for hydroxylation is 3. The van der Waals surface area contributed by atoms with Crippen LogP contribution in [0.15, 0.2) is 12.1 Å². The van der Waals surface area contributed by atoms with Gasteiger partial charge in [0, 0.05) is 36.3 Å². The second-order valence-corrected chi connectivity index (χ2v) is 8.22. The van der Waals surface area contributed by atoms with Crippen LogP contribution in [0.25, 0.3) is 10.9 Å². The Morgan fingerprint density at radius 3 is 2.65 bits per heavy atom. The van der Waals surface area contributed by atoms with Gasteiger partial charge in [-0.3, -0.25) is 4.79 Å². The van der Waals surface area contributed by atoms with Crippen LogP contribution >= 0.6 is 0 Å². The number of aromatic nitrogens is 1. The van der Waals surface area contributed by atoms with Crippen LogP contribution in [0.5, 0.6) is 0 Å². The number of likely N-dealkylation sites (tertiary alicyclic amines) is 1. The second kappa shape index (κ2) is 6.73. The Hall–Kier alpha value is -1.81. The molecule has 2 aromatic rings. The fourth-order valence-electron chi connectivity index (χ4n) is 4.86. The summed E-state index contributed by atoms with van der Waals surface area (Å²) in [6.07, 6.45) is 5.96. The third-order valence-corrected chi connectivity index (χ3v) is 6.45. The van der Waals surface area contributed by atoms with Gasteiger partial charge in [0.25, 0.3) is 0 Å². The van der Waals surface area contributed by atoms with E-state index in [0.29, 0.717) is 6.42 Å². The molecule has 0 aliphatic carbocycles. The first-order valence-corrected chi connectivity index (χ1v) is 9.98. The number of ether oxygens (including phenoxy) is 1. The number of fused-ring (bicyclic) bond motifs is 1. The number of nitrogens with zero attached hydrogens (tertiary/aromatic N) is 1. The van der Waals surface area contributed by atoms with E-state index >= 15 is 0 Å². The summed E-state index contributed by atoms with van der Waals surface area (Å²) >= 11 is 0. The van der Waals surface area contributed by atoms with Crippen LogP contribution in [0.3, 0.4) is 0 Å². The zero-order chi connectivity index (χ0) is 18.3. The van der Waals surface area contributed by atoms with Gasteiger partial charge in [-0.2, -0.15) is 0 Å². The predicted molar refractivity (Wildman–Crippen MR) is 105 cm³/mol. The van der Waals surface area contributed by atoms with Crippen LogP contribution < -0.4 is 0 Å². The molecule has 1 aromatic heterocycles. The average molecular weight is 354 g/mol. The maximum absolute atomic E-state index is 13.1. The minimum Gasteiger partial charge on any atom is -0.375 e. The third kappa shape index (κ3) is 3.05. The average Bonchev–Trinajstić information content (AvgIpc) is 3.13. The van der Waals surface area contributed by atoms with Crippen molar-refractivity contribution in [3.05, 3.63) is 34.5 Å². The van der Waals surface area contributed by atoms with Crippen molar-refractivity contribution in [1.82, 2.24) is 9.88 Å². The van der Waals surface area contributed by atoms with E-state index in [4.69, 9.17) is 4.74 Å². The fourth-order valence-corrected chi connectivity index (χ4v) is 4.86. The first kappa shape index (κ1) is 17.6. The Bertz CT molecular complexity index is 830. The van der Waals surface area contributed by atoms with Crippen LogP contribution in [-0.2, 0) is 16.0 Å². The summed E-state index contributed by atoms with van der Waals surface area (Å²) < 4.78 is 6.06. The fraction of sp³-hybridized carbons (Fsp3) is 0.591. The van der Waals surface area contributed by atoms with E-state index in [9.17, 15) is 4.79 Å². The minimum atomic E-state index is 0.0550. The van der Waals surface area contributed by atoms with Crippen LogP contribution in [0.2, 0.25) is 0 Å². The van der Waals surface area contributed by atoms with E-state index in [2.05, 4.69) is 42.8 Å². The SMILES string of the molecule is Cc1[nH]c2c(C)ccc(C)c2c1CC(=O)N1CCCC2(CCCO2)CC1. The normalized spacial score (nSPS) is 23.7. The van der Waals surface area contributed by atoms with E-state index in [0.717, 1.165) is 51.1 Å². The summed E-state index contributed by atoms with van der Waals surface area (Å²) in [6, 6.07) is 4.31. The lowest BCUT2D eigenvalue weighted by Crippen LogP contribution is -2.35. The Labute approximate surface area is 155 Å². The van der Waals surface area contributed by atoms with Crippen molar-refractivity contribution in [2.45, 2.75) is 64.9 Å². The first-order chi connectivity index (χ1) is 12.5. The summed E-state index contributed by atoms with van der Waals surface area (Å²) in [5.74, 6) is 0.255. The predicted octanol–water partition coefficient (Wildman–Crippen LogP) is 4.20. The summed E-state index contributed by atoms with van der Waals surface area (Å²) in [6.45, 7) is 8.93. The van der Waals surface area contributed by atoms with Gasteiger partial charge in [-0.15, -0.1) is 0 Å². The molecule has 2 aliphatic rings. The van der Waals surface area contributed by atoms with Gasteiger partial charge in [0.15, 0.2) is 0 Å². The molecule has 0 radical (unpaired) electrons. The Kier molecular flexibility index (Phi) is 4.55. The molecule has 2 fully saturated rings. The molecule has 1 N–H and O–H groups in total. The molecule has 4 rings (SSSR count). The summed E-state index contributed by atoms with van der Waals surface area (Å²) in [7, 11) is 0. The molecular formula is C22H30N2O2. The molecule has 1 aromatic carbocycles. The molecule has 1 unspecified atom stereocenters. The van der Waals surface area contributed by atoms with Gasteiger partial charge >= 0.3 is 0 Å². The van der Waals surface area contributed by atoms with Crippen molar-refractivity contribution in [3.8, 4) is 0 Å². The number of carbonyl (C=O) groups excluding carboxylic acids is 1. The van der Waals surface area contributed by atoms with Gasteiger partial charge < -0.3 is 14.6 Å². The van der Waals surface area contributed by atoms with Crippen molar-refractivity contribution in [1.29, 1.82) is 0 Å². The molecule has 4 heteroatoms. The van der Waals surface area contributed by atoms with Crippen LogP contribution in [0.4, 0.5) is 0 Å². The zero-order valence-electron chi connectivity index (χ0n) is 16.3. The van der Waals surface area contributed by atoms with Gasteiger partial charge in [-0.1, -0.05) is 12.1 Å². The Balaban J connectivity index is 1.54. The standard InChI is InChI=1S/C22H30N2O2/c1-15-6-7-16(2)21-20(15)18(17(3)23-21)14-19(25)24-11-4-8-22(10-12-24)9-5-13-26-22/h6-7,23H,4-5,8-14H2,1-3H3. The van der Waals surface area contributed by atoms with E-state index in [-0.39, 0.29) is 11.5 Å². The van der Waals surface area contributed by atoms with Gasteiger partial charge in [-0.25, -0.2) is 0 Å². The lowest BCUT2D eigenvalue weighted by Gasteiger charge is -2.27. The number of carbonyl (C=O) groups is 1. The second-order valence-electron chi connectivity index (χ2n) is 8.22. The summed E-state index contributed by atoms with van der Waals surface area (Å²) in [4.78, 5) is 18.7. The van der Waals surface area contributed by atoms with Crippen molar-refractivity contribution in [3.63, 3.8) is 0 Å². The van der Waals surface area contributed by atoms with Crippen molar-refractivity contribution < 1.29 is 9.53 Å². The Morgan fingerprint density at radius 1 is 1.12 bits per heavy atom. The van der Waals surface area contributed by atoms with E-state index in [1.165, 1.54) is 34.0 Å². The molecule has 2 aliphatic heterocycles. The number of aromatic amines is 1. The largest absolute Gasteiger partial charge is 0.375 e. The van der Waals surface area contributed by atoms with Crippen LogP contribution in [-0.4, -0.2) is 41.1 Å². The molecule has 2 saturated heterocycles. The highest BCUT2D eigenvalue weighted by Gasteiger charge is 2.37. The molecule has 140 valence electrons. The maximum Gasteiger partial charge on any atom is 0.227 e. The van der Waals surface area contributed by atoms with Crippen molar-refractivity contribution in [2.24, 2.45) is 0 Å². The minimum absolute atomic E-state index is 0.0550. The number of amides is 1. The molecule has 1 spiro atoms. The quantitative estimate of drug-likeness (QED) is 0.878. The van der Waals surface area contributed by atoms with E-state index < -0.39 is 0 Å². The maximum atomic E-state index is 13.1. The lowest BCUT2D eigenvalue weighted by atomic mass is 9.92. The van der Waals surface area contributed by atoms with Gasteiger partial charge in [-0.05, 0) is 69.6 Å². The molecule has 4 nitrogen and oxygen atoms in total. The van der Waals surface area contributed by atoms with Gasteiger partial charge in [0.2, 0.25) is 5.91 Å². The monoisotopic (exact) mass is 354 g/mol. The number of benzene rings is 1. The first-order valence-electron chi connectivity index (χ1n) is 9.98. The number of rotatable bonds is 2. The molecule has 1 atom stereocenters. The highest BCUT2D eigenvalue weighted by molar-refractivity contribution is 5.93. The van der Waals surface area contributed by atoms with Crippen molar-refractivity contribution in [2.75, 3.05) is 19.7 Å². The molecule has 26 heavy (non-hydrogen) atoms. The Morgan fingerprint density at radius 2 is 1.88 bits per heavy atom. The van der Waals surface area contributed by atoms with Gasteiger partial charge in [0.05, 0.1) is 12.0 Å². The smallest absolute Gasteiger partial charge is 0.227 e. The lowest BCUT2D eigenvalue weighted by molar-refractivity contribution is -0.130. The number of H-pyrrole nitrogens is 1.